The van der Waals surface area contributed by atoms with E-state index in [2.05, 4.69) is 14.8 Å². The van der Waals surface area contributed by atoms with Crippen LogP contribution in [0.1, 0.15) is 24.1 Å². The molecular weight excluding hydrogens is 352 g/mol. The van der Waals surface area contributed by atoms with Gasteiger partial charge in [0.25, 0.3) is 0 Å². The minimum Gasteiger partial charge on any atom is -0.357 e. The van der Waals surface area contributed by atoms with Crippen molar-refractivity contribution in [1.82, 2.24) is 19.7 Å². The highest BCUT2D eigenvalue weighted by Gasteiger charge is 2.35. The van der Waals surface area contributed by atoms with Crippen LogP contribution in [0, 0.1) is 12.8 Å². The van der Waals surface area contributed by atoms with Gasteiger partial charge in [-0.25, -0.2) is 0 Å². The molecular formula is C22H30N4O2. The number of carbonyl (C=O) groups excluding carboxylic acids is 1. The van der Waals surface area contributed by atoms with Gasteiger partial charge in [-0.1, -0.05) is 11.6 Å². The summed E-state index contributed by atoms with van der Waals surface area (Å²) >= 11 is 0. The normalized spacial score (nSPS) is 23.1. The maximum Gasteiger partial charge on any atom is 0.236 e. The summed E-state index contributed by atoms with van der Waals surface area (Å²) in [5, 5.41) is 0.759. The molecule has 1 amide bonds. The number of fused-ring (bicyclic) bond motifs is 5. The quantitative estimate of drug-likeness (QED) is 0.876. The maximum absolute atomic E-state index is 12.6. The van der Waals surface area contributed by atoms with E-state index in [-0.39, 0.29) is 11.3 Å². The SMILES string of the molecule is Cc1ccc2[nH]c(CN3C[C@@H]4CC[C@H]3CN(CC(=O)N(C)C)C4)cc(=O)c2c1. The van der Waals surface area contributed by atoms with E-state index in [4.69, 9.17) is 0 Å². The van der Waals surface area contributed by atoms with Crippen LogP contribution < -0.4 is 5.43 Å². The number of hydrogen-bond donors (Lipinski definition) is 1. The van der Waals surface area contributed by atoms with E-state index in [1.165, 1.54) is 6.42 Å². The van der Waals surface area contributed by atoms with Gasteiger partial charge in [0, 0.05) is 69.0 Å². The monoisotopic (exact) mass is 382 g/mol. The number of hydrogen-bond acceptors (Lipinski definition) is 4. The second-order valence-electron chi connectivity index (χ2n) is 8.72. The number of nitrogens with one attached hydrogen (secondary N) is 1. The van der Waals surface area contributed by atoms with E-state index in [0.29, 0.717) is 18.5 Å². The summed E-state index contributed by atoms with van der Waals surface area (Å²) in [6.45, 7) is 6.21. The fraction of sp³-hybridized carbons (Fsp3) is 0.545. The second-order valence-corrected chi connectivity index (χ2v) is 8.72. The maximum atomic E-state index is 12.6. The molecule has 6 heteroatoms. The van der Waals surface area contributed by atoms with E-state index in [1.54, 1.807) is 11.0 Å². The van der Waals surface area contributed by atoms with Crippen LogP contribution >= 0.6 is 0 Å². The molecule has 3 aliphatic rings. The minimum atomic E-state index is 0.0886. The highest BCUT2D eigenvalue weighted by Crippen LogP contribution is 2.29. The summed E-state index contributed by atoms with van der Waals surface area (Å²) < 4.78 is 0. The number of benzene rings is 1. The third kappa shape index (κ3) is 3.98. The van der Waals surface area contributed by atoms with Gasteiger partial charge in [0.2, 0.25) is 5.91 Å². The Balaban J connectivity index is 1.51. The third-order valence-corrected chi connectivity index (χ3v) is 6.17. The Hall–Kier alpha value is -2.18. The van der Waals surface area contributed by atoms with Crippen molar-refractivity contribution in [3.05, 3.63) is 45.7 Å². The van der Waals surface area contributed by atoms with Crippen molar-refractivity contribution in [2.75, 3.05) is 40.3 Å². The lowest BCUT2D eigenvalue weighted by molar-refractivity contribution is -0.130. The number of pyridine rings is 1. The molecule has 5 rings (SSSR count). The lowest BCUT2D eigenvalue weighted by Crippen LogP contribution is -2.44. The van der Waals surface area contributed by atoms with Gasteiger partial charge in [-0.15, -0.1) is 0 Å². The second kappa shape index (κ2) is 7.68. The average molecular weight is 383 g/mol. The molecule has 6 nitrogen and oxygen atoms in total. The summed E-state index contributed by atoms with van der Waals surface area (Å²) in [6, 6.07) is 8.18. The number of aromatic nitrogens is 1. The molecule has 3 fully saturated rings. The molecule has 0 unspecified atom stereocenters. The summed E-state index contributed by atoms with van der Waals surface area (Å²) in [6.07, 6.45) is 2.38. The van der Waals surface area contributed by atoms with Crippen molar-refractivity contribution in [2.24, 2.45) is 5.92 Å². The van der Waals surface area contributed by atoms with Gasteiger partial charge in [0.15, 0.2) is 5.43 Å². The van der Waals surface area contributed by atoms with Crippen molar-refractivity contribution in [1.29, 1.82) is 0 Å². The van der Waals surface area contributed by atoms with Gasteiger partial charge >= 0.3 is 0 Å². The highest BCUT2D eigenvalue weighted by atomic mass is 16.2. The first-order chi connectivity index (χ1) is 13.4. The van der Waals surface area contributed by atoms with E-state index in [0.717, 1.165) is 54.8 Å². The Bertz CT molecular complexity index is 936. The van der Waals surface area contributed by atoms with Crippen molar-refractivity contribution in [2.45, 2.75) is 32.4 Å². The number of nitrogens with zero attached hydrogens (tertiary/aromatic N) is 3. The summed E-state index contributed by atoms with van der Waals surface area (Å²) in [4.78, 5) is 34.7. The zero-order valence-electron chi connectivity index (χ0n) is 17.1. The minimum absolute atomic E-state index is 0.0886. The fourth-order valence-corrected chi connectivity index (χ4v) is 4.65. The van der Waals surface area contributed by atoms with Crippen LogP contribution in [0.25, 0.3) is 10.9 Å². The zero-order valence-corrected chi connectivity index (χ0v) is 17.1. The van der Waals surface area contributed by atoms with Gasteiger partial charge in [-0.05, 0) is 37.8 Å². The number of carbonyl (C=O) groups is 1. The number of piperidine rings is 1. The van der Waals surface area contributed by atoms with Crippen molar-refractivity contribution in [3.63, 3.8) is 0 Å². The number of rotatable bonds is 4. The standard InChI is InChI=1S/C22H30N4O2/c1-15-4-7-20-19(8-15)21(27)9-17(23-20)12-26-11-16-5-6-18(26)13-25(10-16)14-22(28)24(2)3/h4,7-9,16,18H,5-6,10-14H2,1-3H3,(H,23,27)/t16-,18+/m1/s1. The zero-order chi connectivity index (χ0) is 19.8. The number of H-pyrrole nitrogens is 1. The molecule has 2 aromatic rings. The van der Waals surface area contributed by atoms with Crippen molar-refractivity contribution >= 4 is 16.8 Å². The molecule has 1 aromatic carbocycles. The van der Waals surface area contributed by atoms with Crippen LogP contribution in [-0.2, 0) is 11.3 Å². The third-order valence-electron chi connectivity index (χ3n) is 6.17. The smallest absolute Gasteiger partial charge is 0.236 e. The fourth-order valence-electron chi connectivity index (χ4n) is 4.65. The number of amides is 1. The van der Waals surface area contributed by atoms with Crippen LogP contribution in [0.4, 0.5) is 0 Å². The van der Waals surface area contributed by atoms with Crippen molar-refractivity contribution < 1.29 is 4.79 Å². The average Bonchev–Trinajstić information content (AvgIpc) is 2.93. The largest absolute Gasteiger partial charge is 0.357 e. The number of likely N-dealkylation sites (N-methyl/N-ethyl adjacent to an activating group) is 1. The van der Waals surface area contributed by atoms with Crippen LogP contribution in [0.3, 0.4) is 0 Å². The van der Waals surface area contributed by atoms with Gasteiger partial charge in [-0.3, -0.25) is 19.4 Å². The van der Waals surface area contributed by atoms with E-state index in [9.17, 15) is 9.59 Å². The van der Waals surface area contributed by atoms with Gasteiger partial charge in [0.1, 0.15) is 0 Å². The first-order valence-corrected chi connectivity index (χ1v) is 10.2. The topological polar surface area (TPSA) is 59.7 Å². The molecule has 1 aromatic heterocycles. The Labute approximate surface area is 166 Å². The number of aromatic amines is 1. The molecule has 0 aliphatic carbocycles. The highest BCUT2D eigenvalue weighted by molar-refractivity contribution is 5.79. The molecule has 1 N–H and O–H groups in total. The summed E-state index contributed by atoms with van der Waals surface area (Å²) in [7, 11) is 3.64. The van der Waals surface area contributed by atoms with Crippen molar-refractivity contribution in [3.8, 4) is 0 Å². The lowest BCUT2D eigenvalue weighted by Gasteiger charge is -2.36. The predicted octanol–water partition coefficient (Wildman–Crippen LogP) is 1.82. The van der Waals surface area contributed by atoms with Crippen LogP contribution in [0.2, 0.25) is 0 Å². The van der Waals surface area contributed by atoms with E-state index in [1.807, 2.05) is 39.2 Å². The van der Waals surface area contributed by atoms with Crippen LogP contribution in [0.5, 0.6) is 0 Å². The van der Waals surface area contributed by atoms with Crippen LogP contribution in [-0.4, -0.2) is 71.9 Å². The molecule has 2 atom stereocenters. The molecule has 28 heavy (non-hydrogen) atoms. The first-order valence-electron chi connectivity index (χ1n) is 10.2. The number of aryl methyl sites for hydroxylation is 1. The molecule has 4 heterocycles. The molecule has 0 spiro atoms. The van der Waals surface area contributed by atoms with Gasteiger partial charge in [0.05, 0.1) is 6.54 Å². The van der Waals surface area contributed by atoms with Gasteiger partial charge < -0.3 is 9.88 Å². The van der Waals surface area contributed by atoms with E-state index >= 15 is 0 Å². The lowest BCUT2D eigenvalue weighted by atomic mass is 9.95. The Morgan fingerprint density at radius 3 is 2.79 bits per heavy atom. The Morgan fingerprint density at radius 1 is 1.18 bits per heavy atom. The summed E-state index contributed by atoms with van der Waals surface area (Å²) in [5.41, 5.74) is 3.07. The molecule has 2 bridgehead atoms. The molecule has 3 aliphatic heterocycles. The van der Waals surface area contributed by atoms with E-state index < -0.39 is 0 Å². The Kier molecular flexibility index (Phi) is 5.25. The predicted molar refractivity (Wildman–Crippen MR) is 111 cm³/mol. The first kappa shape index (κ1) is 19.2. The Morgan fingerprint density at radius 2 is 2.00 bits per heavy atom. The molecule has 0 saturated carbocycles. The molecule has 0 radical (unpaired) electrons. The van der Waals surface area contributed by atoms with Crippen LogP contribution in [0.15, 0.2) is 29.1 Å². The van der Waals surface area contributed by atoms with Gasteiger partial charge in [-0.2, -0.15) is 0 Å². The molecule has 150 valence electrons. The summed E-state index contributed by atoms with van der Waals surface area (Å²) in [5.74, 6) is 0.755. The molecule has 3 saturated heterocycles.